The molecule has 2 N–H and O–H groups in total. The van der Waals surface area contributed by atoms with Gasteiger partial charge in [0.25, 0.3) is 0 Å². The molecule has 0 spiro atoms. The van der Waals surface area contributed by atoms with Gasteiger partial charge in [-0.3, -0.25) is 4.72 Å². The van der Waals surface area contributed by atoms with Gasteiger partial charge in [0.05, 0.1) is 12.9 Å². The van der Waals surface area contributed by atoms with Crippen molar-refractivity contribution in [1.29, 1.82) is 0 Å². The van der Waals surface area contributed by atoms with Gasteiger partial charge < -0.3 is 10.1 Å². The number of ether oxygens (including phenoxy) is 1. The molecule has 0 saturated heterocycles. The van der Waals surface area contributed by atoms with Gasteiger partial charge in [0.2, 0.25) is 10.0 Å². The first-order valence-corrected chi connectivity index (χ1v) is 8.69. The summed E-state index contributed by atoms with van der Waals surface area (Å²) in [4.78, 5) is 0. The first kappa shape index (κ1) is 16.2. The van der Waals surface area contributed by atoms with E-state index in [9.17, 15) is 8.42 Å². The Kier molecular flexibility index (Phi) is 5.27. The van der Waals surface area contributed by atoms with Gasteiger partial charge in [0.15, 0.2) is 0 Å². The zero-order valence-corrected chi connectivity index (χ0v) is 13.5. The minimum atomic E-state index is -3.25. The van der Waals surface area contributed by atoms with Gasteiger partial charge in [-0.1, -0.05) is 6.92 Å². The van der Waals surface area contributed by atoms with Crippen LogP contribution in [0.4, 0.5) is 17.1 Å². The van der Waals surface area contributed by atoms with E-state index in [4.69, 9.17) is 4.74 Å². The Bertz CT molecular complexity index is 695. The number of methoxy groups -OCH3 is 1. The number of sulfonamides is 1. The Hall–Kier alpha value is -2.21. The third kappa shape index (κ3) is 4.66. The van der Waals surface area contributed by atoms with Crippen molar-refractivity contribution in [2.75, 3.05) is 22.9 Å². The fourth-order valence-electron chi connectivity index (χ4n) is 1.96. The van der Waals surface area contributed by atoms with Crippen LogP contribution in [0.15, 0.2) is 48.5 Å². The fraction of sp³-hybridized carbons (Fsp3) is 0.250. The van der Waals surface area contributed by atoms with Crippen LogP contribution in [0.25, 0.3) is 0 Å². The summed E-state index contributed by atoms with van der Waals surface area (Å²) in [6.07, 6.45) is 0.590. The van der Waals surface area contributed by atoms with Crippen molar-refractivity contribution in [2.45, 2.75) is 13.3 Å². The molecule has 0 atom stereocenters. The average molecular weight is 320 g/mol. The first-order valence-electron chi connectivity index (χ1n) is 7.04. The topological polar surface area (TPSA) is 67.4 Å². The van der Waals surface area contributed by atoms with E-state index in [1.807, 2.05) is 43.3 Å². The third-order valence-electron chi connectivity index (χ3n) is 3.01. The second-order valence-corrected chi connectivity index (χ2v) is 6.69. The highest BCUT2D eigenvalue weighted by molar-refractivity contribution is 7.92. The molecular formula is C16H20N2O3S. The predicted octanol–water partition coefficient (Wildman–Crippen LogP) is 3.59. The van der Waals surface area contributed by atoms with Crippen LogP contribution < -0.4 is 14.8 Å². The lowest BCUT2D eigenvalue weighted by atomic mass is 10.2. The van der Waals surface area contributed by atoms with Gasteiger partial charge >= 0.3 is 0 Å². The highest BCUT2D eigenvalue weighted by Crippen LogP contribution is 2.21. The van der Waals surface area contributed by atoms with Crippen molar-refractivity contribution in [3.63, 3.8) is 0 Å². The summed E-state index contributed by atoms with van der Waals surface area (Å²) in [5.74, 6) is 0.921. The standard InChI is InChI=1S/C16H20N2O3S/c1-3-12-22(19,20)18-15-6-4-13(5-7-15)17-14-8-10-16(21-2)11-9-14/h4-11,17-18H,3,12H2,1-2H3. The normalized spacial score (nSPS) is 11.0. The molecule has 0 aliphatic carbocycles. The van der Waals surface area contributed by atoms with E-state index >= 15 is 0 Å². The number of anilines is 3. The summed E-state index contributed by atoms with van der Waals surface area (Å²) >= 11 is 0. The third-order valence-corrected chi connectivity index (χ3v) is 4.50. The Morgan fingerprint density at radius 1 is 0.909 bits per heavy atom. The maximum Gasteiger partial charge on any atom is 0.232 e. The van der Waals surface area contributed by atoms with Crippen LogP contribution in [0.2, 0.25) is 0 Å². The molecule has 0 radical (unpaired) electrons. The number of rotatable bonds is 7. The lowest BCUT2D eigenvalue weighted by Crippen LogP contribution is -2.15. The van der Waals surface area contributed by atoms with Crippen LogP contribution >= 0.6 is 0 Å². The summed E-state index contributed by atoms with van der Waals surface area (Å²) in [6, 6.07) is 14.7. The van der Waals surface area contributed by atoms with Crippen LogP contribution in [0.1, 0.15) is 13.3 Å². The Morgan fingerprint density at radius 3 is 1.91 bits per heavy atom. The minimum absolute atomic E-state index is 0.124. The molecule has 0 amide bonds. The lowest BCUT2D eigenvalue weighted by Gasteiger charge is -2.10. The molecule has 0 bridgehead atoms. The Labute approximate surface area is 131 Å². The van der Waals surface area contributed by atoms with Crippen LogP contribution in [0, 0.1) is 0 Å². The van der Waals surface area contributed by atoms with E-state index in [0.717, 1.165) is 17.1 Å². The number of hydrogen-bond donors (Lipinski definition) is 2. The molecule has 2 rings (SSSR count). The van der Waals surface area contributed by atoms with Crippen molar-refractivity contribution >= 4 is 27.1 Å². The van der Waals surface area contributed by atoms with Gasteiger partial charge in [0, 0.05) is 17.1 Å². The van der Waals surface area contributed by atoms with Gasteiger partial charge in [-0.25, -0.2) is 8.42 Å². The first-order chi connectivity index (χ1) is 10.5. The van der Waals surface area contributed by atoms with E-state index in [2.05, 4.69) is 10.0 Å². The lowest BCUT2D eigenvalue weighted by molar-refractivity contribution is 0.415. The van der Waals surface area contributed by atoms with Crippen molar-refractivity contribution in [3.8, 4) is 5.75 Å². The summed E-state index contributed by atoms with van der Waals surface area (Å²) in [5.41, 5.74) is 2.37. The van der Waals surface area contributed by atoms with Crippen molar-refractivity contribution < 1.29 is 13.2 Å². The second-order valence-electron chi connectivity index (χ2n) is 4.85. The molecule has 2 aromatic carbocycles. The molecule has 22 heavy (non-hydrogen) atoms. The summed E-state index contributed by atoms with van der Waals surface area (Å²) in [6.45, 7) is 1.83. The van der Waals surface area contributed by atoms with E-state index in [0.29, 0.717) is 12.1 Å². The van der Waals surface area contributed by atoms with E-state index in [1.165, 1.54) is 0 Å². The molecule has 6 heteroatoms. The molecule has 0 aliphatic rings. The SMILES string of the molecule is CCCS(=O)(=O)Nc1ccc(Nc2ccc(OC)cc2)cc1. The zero-order valence-electron chi connectivity index (χ0n) is 12.7. The Morgan fingerprint density at radius 2 is 1.41 bits per heavy atom. The van der Waals surface area contributed by atoms with E-state index < -0.39 is 10.0 Å². The van der Waals surface area contributed by atoms with E-state index in [1.54, 1.807) is 19.2 Å². The monoisotopic (exact) mass is 320 g/mol. The number of nitrogens with one attached hydrogen (secondary N) is 2. The van der Waals surface area contributed by atoms with Gasteiger partial charge in [0.1, 0.15) is 5.75 Å². The zero-order chi connectivity index (χ0) is 16.0. The maximum absolute atomic E-state index is 11.7. The fourth-order valence-corrected chi connectivity index (χ4v) is 3.10. The van der Waals surface area contributed by atoms with Gasteiger partial charge in [-0.05, 0) is 55.0 Å². The molecule has 0 aliphatic heterocycles. The number of hydrogen-bond acceptors (Lipinski definition) is 4. The van der Waals surface area contributed by atoms with Crippen LogP contribution in [0.3, 0.4) is 0 Å². The quantitative estimate of drug-likeness (QED) is 0.818. The molecule has 0 saturated carbocycles. The van der Waals surface area contributed by atoms with Crippen molar-refractivity contribution in [1.82, 2.24) is 0 Å². The largest absolute Gasteiger partial charge is 0.497 e. The molecule has 0 aromatic heterocycles. The molecule has 5 nitrogen and oxygen atoms in total. The van der Waals surface area contributed by atoms with E-state index in [-0.39, 0.29) is 5.75 Å². The van der Waals surface area contributed by atoms with Crippen LogP contribution in [-0.2, 0) is 10.0 Å². The minimum Gasteiger partial charge on any atom is -0.497 e. The molecule has 2 aromatic rings. The van der Waals surface area contributed by atoms with Crippen molar-refractivity contribution in [2.24, 2.45) is 0 Å². The molecule has 0 fully saturated rings. The van der Waals surface area contributed by atoms with Crippen molar-refractivity contribution in [3.05, 3.63) is 48.5 Å². The maximum atomic E-state index is 11.7. The van der Waals surface area contributed by atoms with Gasteiger partial charge in [-0.15, -0.1) is 0 Å². The second kappa shape index (κ2) is 7.17. The summed E-state index contributed by atoms with van der Waals surface area (Å²) in [5, 5.41) is 3.24. The average Bonchev–Trinajstić information content (AvgIpc) is 2.49. The highest BCUT2D eigenvalue weighted by Gasteiger charge is 2.08. The van der Waals surface area contributed by atoms with Crippen LogP contribution in [0.5, 0.6) is 5.75 Å². The van der Waals surface area contributed by atoms with Crippen LogP contribution in [-0.4, -0.2) is 21.3 Å². The number of benzene rings is 2. The molecular weight excluding hydrogens is 300 g/mol. The Balaban J connectivity index is 2.02. The summed E-state index contributed by atoms with van der Waals surface area (Å²) < 4.78 is 31.1. The molecule has 0 unspecified atom stereocenters. The molecule has 118 valence electrons. The summed E-state index contributed by atoms with van der Waals surface area (Å²) in [7, 11) is -1.62. The highest BCUT2D eigenvalue weighted by atomic mass is 32.2. The predicted molar refractivity (Wildman–Crippen MR) is 90.4 cm³/mol. The van der Waals surface area contributed by atoms with Gasteiger partial charge in [-0.2, -0.15) is 0 Å². The molecule has 0 heterocycles. The smallest absolute Gasteiger partial charge is 0.232 e.